The van der Waals surface area contributed by atoms with Crippen LogP contribution in [0.3, 0.4) is 0 Å². The summed E-state index contributed by atoms with van der Waals surface area (Å²) in [4.78, 5) is 22.1. The standard InChI is InChI=1S/C18H15ClF3NO6S/c1-9-12(23-16(26)17(2,27)18(20,21)22)7-8-13(14(9)19)30(28,29)11-5-3-10(4-6-11)15(24)25/h3-8,27H,1-2H3,(H,23,26)(H,24,25). The number of amides is 1. The van der Waals surface area contributed by atoms with Crippen molar-refractivity contribution in [1.82, 2.24) is 0 Å². The van der Waals surface area contributed by atoms with Crippen LogP contribution in [0.1, 0.15) is 22.8 Å². The van der Waals surface area contributed by atoms with Gasteiger partial charge in [-0.1, -0.05) is 11.6 Å². The number of carboxylic acids is 1. The molecule has 0 aliphatic heterocycles. The molecular weight excluding hydrogens is 451 g/mol. The Balaban J connectivity index is 2.43. The molecule has 3 N–H and O–H groups in total. The van der Waals surface area contributed by atoms with Gasteiger partial charge in [-0.05, 0) is 55.8 Å². The fourth-order valence-corrected chi connectivity index (χ4v) is 4.13. The predicted octanol–water partition coefficient (Wildman–Crippen LogP) is 3.43. The van der Waals surface area contributed by atoms with Crippen molar-refractivity contribution in [3.8, 4) is 0 Å². The molecule has 162 valence electrons. The van der Waals surface area contributed by atoms with Gasteiger partial charge in [0.1, 0.15) is 0 Å². The van der Waals surface area contributed by atoms with Crippen molar-refractivity contribution in [2.75, 3.05) is 5.32 Å². The zero-order valence-electron chi connectivity index (χ0n) is 15.4. The van der Waals surface area contributed by atoms with E-state index in [-0.39, 0.29) is 33.7 Å². The van der Waals surface area contributed by atoms with Gasteiger partial charge in [0.25, 0.3) is 5.91 Å². The highest BCUT2D eigenvalue weighted by atomic mass is 35.5. The van der Waals surface area contributed by atoms with Crippen LogP contribution in [0.2, 0.25) is 5.02 Å². The van der Waals surface area contributed by atoms with Crippen molar-refractivity contribution in [3.63, 3.8) is 0 Å². The third kappa shape index (κ3) is 4.27. The van der Waals surface area contributed by atoms with Crippen LogP contribution in [0.25, 0.3) is 0 Å². The number of hydrogen-bond acceptors (Lipinski definition) is 5. The summed E-state index contributed by atoms with van der Waals surface area (Å²) in [5, 5.41) is 19.8. The Labute approximate surface area is 174 Å². The lowest BCUT2D eigenvalue weighted by Gasteiger charge is -2.25. The summed E-state index contributed by atoms with van der Waals surface area (Å²) in [6.07, 6.45) is -5.24. The number of benzene rings is 2. The van der Waals surface area contributed by atoms with Crippen LogP contribution < -0.4 is 5.32 Å². The summed E-state index contributed by atoms with van der Waals surface area (Å²) in [5.74, 6) is -3.02. The monoisotopic (exact) mass is 465 g/mol. The first-order chi connectivity index (χ1) is 13.6. The lowest BCUT2D eigenvalue weighted by atomic mass is 10.1. The van der Waals surface area contributed by atoms with E-state index in [2.05, 4.69) is 0 Å². The summed E-state index contributed by atoms with van der Waals surface area (Å²) in [6, 6.07) is 6.33. The average molecular weight is 466 g/mol. The Morgan fingerprint density at radius 2 is 1.60 bits per heavy atom. The molecule has 2 aromatic carbocycles. The van der Waals surface area contributed by atoms with Crippen molar-refractivity contribution in [2.24, 2.45) is 0 Å². The van der Waals surface area contributed by atoms with Crippen molar-refractivity contribution >= 4 is 39.0 Å². The molecule has 0 aliphatic carbocycles. The molecule has 0 aromatic heterocycles. The first kappa shape index (κ1) is 23.6. The minimum atomic E-state index is -5.24. The summed E-state index contributed by atoms with van der Waals surface area (Å²) in [5.41, 5.74) is -4.09. The Kier molecular flexibility index (Phi) is 6.22. The fourth-order valence-electron chi connectivity index (χ4n) is 2.28. The van der Waals surface area contributed by atoms with Gasteiger partial charge in [0, 0.05) is 5.69 Å². The Morgan fingerprint density at radius 3 is 2.07 bits per heavy atom. The topological polar surface area (TPSA) is 121 Å². The van der Waals surface area contributed by atoms with Crippen LogP contribution >= 0.6 is 11.6 Å². The predicted molar refractivity (Wildman–Crippen MR) is 100 cm³/mol. The quantitative estimate of drug-likeness (QED) is 0.622. The van der Waals surface area contributed by atoms with Gasteiger partial charge in [-0.25, -0.2) is 13.2 Å². The summed E-state index contributed by atoms with van der Waals surface area (Å²) in [7, 11) is -4.20. The van der Waals surface area contributed by atoms with Gasteiger partial charge >= 0.3 is 12.1 Å². The summed E-state index contributed by atoms with van der Waals surface area (Å²) >= 11 is 6.09. The van der Waals surface area contributed by atoms with Crippen LogP contribution in [0, 0.1) is 6.92 Å². The zero-order valence-corrected chi connectivity index (χ0v) is 17.0. The van der Waals surface area contributed by atoms with Crippen molar-refractivity contribution in [1.29, 1.82) is 0 Å². The van der Waals surface area contributed by atoms with Gasteiger partial charge in [-0.3, -0.25) is 4.79 Å². The van der Waals surface area contributed by atoms with E-state index in [9.17, 15) is 36.3 Å². The van der Waals surface area contributed by atoms with E-state index < -0.39 is 38.4 Å². The highest BCUT2D eigenvalue weighted by molar-refractivity contribution is 7.91. The molecule has 0 bridgehead atoms. The van der Waals surface area contributed by atoms with Crippen LogP contribution in [0.5, 0.6) is 0 Å². The number of halogens is 4. The molecule has 0 radical (unpaired) electrons. The van der Waals surface area contributed by atoms with E-state index in [0.29, 0.717) is 0 Å². The number of nitrogens with one attached hydrogen (secondary N) is 1. The number of carboxylic acid groups (broad SMARTS) is 1. The van der Waals surface area contributed by atoms with E-state index in [4.69, 9.17) is 16.7 Å². The Bertz CT molecular complexity index is 1110. The maximum atomic E-state index is 12.8. The van der Waals surface area contributed by atoms with Gasteiger partial charge in [-0.15, -0.1) is 0 Å². The van der Waals surface area contributed by atoms with E-state index in [0.717, 1.165) is 36.4 Å². The molecule has 0 spiro atoms. The molecule has 0 heterocycles. The van der Waals surface area contributed by atoms with Gasteiger partial charge in [0.15, 0.2) is 0 Å². The largest absolute Gasteiger partial charge is 0.478 e. The minimum Gasteiger partial charge on any atom is -0.478 e. The van der Waals surface area contributed by atoms with Crippen molar-refractivity contribution in [2.45, 2.75) is 35.4 Å². The van der Waals surface area contributed by atoms with Crippen LogP contribution in [-0.2, 0) is 14.6 Å². The molecule has 0 aliphatic rings. The Morgan fingerprint density at radius 1 is 1.07 bits per heavy atom. The second-order valence-corrected chi connectivity index (χ2v) is 8.70. The molecular formula is C18H15ClF3NO6S. The molecule has 2 rings (SSSR count). The number of aliphatic hydroxyl groups is 1. The SMILES string of the molecule is Cc1c(NC(=O)C(C)(O)C(F)(F)F)ccc(S(=O)(=O)c2ccc(C(=O)O)cc2)c1Cl. The third-order valence-corrected chi connectivity index (χ3v) is 6.71. The molecule has 0 fully saturated rings. The molecule has 1 unspecified atom stereocenters. The van der Waals surface area contributed by atoms with E-state index >= 15 is 0 Å². The molecule has 2 aromatic rings. The summed E-state index contributed by atoms with van der Waals surface area (Å²) in [6.45, 7) is 1.55. The maximum Gasteiger partial charge on any atom is 0.426 e. The van der Waals surface area contributed by atoms with Crippen molar-refractivity contribution in [3.05, 3.63) is 52.5 Å². The normalized spacial score (nSPS) is 14.1. The first-order valence-electron chi connectivity index (χ1n) is 8.09. The second-order valence-electron chi connectivity index (χ2n) is 6.41. The van der Waals surface area contributed by atoms with Gasteiger partial charge in [0.2, 0.25) is 15.4 Å². The number of alkyl halides is 3. The number of carbonyl (C=O) groups excluding carboxylic acids is 1. The third-order valence-electron chi connectivity index (χ3n) is 4.29. The van der Waals surface area contributed by atoms with Crippen LogP contribution in [0.15, 0.2) is 46.2 Å². The Hall–Kier alpha value is -2.63. The molecule has 12 heteroatoms. The highest BCUT2D eigenvalue weighted by Crippen LogP contribution is 2.36. The van der Waals surface area contributed by atoms with Gasteiger partial charge in [-0.2, -0.15) is 13.2 Å². The molecule has 1 amide bonds. The zero-order chi connectivity index (χ0) is 23.1. The number of hydrogen-bond donors (Lipinski definition) is 3. The number of rotatable bonds is 5. The number of sulfone groups is 1. The average Bonchev–Trinajstić information content (AvgIpc) is 2.64. The van der Waals surface area contributed by atoms with Crippen LogP contribution in [0.4, 0.5) is 18.9 Å². The van der Waals surface area contributed by atoms with Gasteiger partial charge in [0.05, 0.1) is 20.4 Å². The maximum absolute atomic E-state index is 12.8. The molecule has 30 heavy (non-hydrogen) atoms. The second kappa shape index (κ2) is 7.89. The minimum absolute atomic E-state index is 0.0498. The molecule has 1 atom stereocenters. The molecule has 7 nitrogen and oxygen atoms in total. The number of anilines is 1. The van der Waals surface area contributed by atoms with Gasteiger partial charge < -0.3 is 15.5 Å². The molecule has 0 saturated heterocycles. The van der Waals surface area contributed by atoms with E-state index in [1.54, 1.807) is 0 Å². The summed E-state index contributed by atoms with van der Waals surface area (Å²) < 4.78 is 64.0. The first-order valence-corrected chi connectivity index (χ1v) is 9.95. The van der Waals surface area contributed by atoms with E-state index in [1.165, 1.54) is 6.92 Å². The lowest BCUT2D eigenvalue weighted by Crippen LogP contribution is -2.52. The number of aromatic carboxylic acids is 1. The lowest BCUT2D eigenvalue weighted by molar-refractivity contribution is -0.242. The van der Waals surface area contributed by atoms with E-state index in [1.807, 2.05) is 5.32 Å². The number of carbonyl (C=O) groups is 2. The highest BCUT2D eigenvalue weighted by Gasteiger charge is 2.55. The van der Waals surface area contributed by atoms with Crippen LogP contribution in [-0.4, -0.2) is 42.3 Å². The molecule has 0 saturated carbocycles. The van der Waals surface area contributed by atoms with Crippen molar-refractivity contribution < 1.29 is 41.4 Å². The smallest absolute Gasteiger partial charge is 0.426 e. The fraction of sp³-hybridized carbons (Fsp3) is 0.222.